The summed E-state index contributed by atoms with van der Waals surface area (Å²) in [6, 6.07) is 7.91. The van der Waals surface area contributed by atoms with Crippen LogP contribution in [-0.2, 0) is 16.0 Å². The molecule has 0 unspecified atom stereocenters. The molecule has 3 rings (SSSR count). The lowest BCUT2D eigenvalue weighted by Gasteiger charge is -2.25. The fourth-order valence-electron chi connectivity index (χ4n) is 2.27. The van der Waals surface area contributed by atoms with Crippen molar-refractivity contribution in [3.05, 3.63) is 52.0 Å². The third-order valence-corrected chi connectivity index (χ3v) is 4.36. The van der Waals surface area contributed by atoms with Gasteiger partial charge in [0.05, 0.1) is 5.57 Å². The third-order valence-electron chi connectivity index (χ3n) is 3.11. The van der Waals surface area contributed by atoms with Gasteiger partial charge in [0.25, 0.3) is 0 Å². The summed E-state index contributed by atoms with van der Waals surface area (Å²) in [6.07, 6.45) is 2.19. The number of ketones is 1. The minimum Gasteiger partial charge on any atom is -0.478 e. The molecule has 1 aliphatic heterocycles. The molecule has 0 atom stereocenters. The fraction of sp³-hybridized carbons (Fsp3) is 0.143. The number of aliphatic carboxylic acids is 1. The van der Waals surface area contributed by atoms with Crippen LogP contribution in [0.2, 0.25) is 0 Å². The van der Waals surface area contributed by atoms with Crippen LogP contribution >= 0.6 is 11.8 Å². The fourth-order valence-corrected chi connectivity index (χ4v) is 3.47. The zero-order valence-corrected chi connectivity index (χ0v) is 10.3. The summed E-state index contributed by atoms with van der Waals surface area (Å²) < 4.78 is 0. The molecule has 0 aromatic heterocycles. The highest BCUT2D eigenvalue weighted by Crippen LogP contribution is 2.43. The molecule has 1 aromatic rings. The zero-order chi connectivity index (χ0) is 12.7. The van der Waals surface area contributed by atoms with Gasteiger partial charge in [-0.15, -0.1) is 0 Å². The summed E-state index contributed by atoms with van der Waals surface area (Å²) >= 11 is 1.52. The minimum atomic E-state index is -1.02. The summed E-state index contributed by atoms with van der Waals surface area (Å²) in [4.78, 5) is 24.8. The van der Waals surface area contributed by atoms with Crippen molar-refractivity contribution in [2.75, 3.05) is 0 Å². The van der Waals surface area contributed by atoms with E-state index >= 15 is 0 Å². The van der Waals surface area contributed by atoms with E-state index in [1.54, 1.807) is 0 Å². The Labute approximate surface area is 108 Å². The molecule has 1 aliphatic carbocycles. The van der Waals surface area contributed by atoms with Gasteiger partial charge in [-0.3, -0.25) is 4.79 Å². The smallest absolute Gasteiger partial charge is 0.336 e. The van der Waals surface area contributed by atoms with Gasteiger partial charge in [0.1, 0.15) is 0 Å². The molecule has 0 spiro atoms. The molecule has 0 fully saturated rings. The second kappa shape index (κ2) is 4.14. The standard InChI is InChI=1S/C14H10O3S/c15-9-6-11(14(16)17)10-5-8-3-1-2-4-12(8)18-13(10)7-9/h1-4,6H,5,7H2,(H,16,17). The SMILES string of the molecule is O=C1C=C(C(=O)O)C2=C(C1)Sc1ccccc1C2. The van der Waals surface area contributed by atoms with Crippen molar-refractivity contribution in [3.63, 3.8) is 0 Å². The van der Waals surface area contributed by atoms with Gasteiger partial charge in [0, 0.05) is 22.6 Å². The van der Waals surface area contributed by atoms with Crippen LogP contribution in [0.3, 0.4) is 0 Å². The van der Waals surface area contributed by atoms with Crippen LogP contribution < -0.4 is 0 Å². The Bertz CT molecular complexity index is 624. The lowest BCUT2D eigenvalue weighted by atomic mass is 9.91. The molecule has 0 amide bonds. The van der Waals surface area contributed by atoms with Crippen LogP contribution in [0.25, 0.3) is 0 Å². The number of thioether (sulfide) groups is 1. The topological polar surface area (TPSA) is 54.4 Å². The number of carbonyl (C=O) groups excluding carboxylic acids is 1. The van der Waals surface area contributed by atoms with Gasteiger partial charge in [-0.25, -0.2) is 4.79 Å². The van der Waals surface area contributed by atoms with Crippen LogP contribution in [0.4, 0.5) is 0 Å². The maximum Gasteiger partial charge on any atom is 0.336 e. The molecular formula is C14H10O3S. The lowest BCUT2D eigenvalue weighted by Crippen LogP contribution is -2.17. The highest BCUT2D eigenvalue weighted by atomic mass is 32.2. The number of hydrogen-bond donors (Lipinski definition) is 1. The Hall–Kier alpha value is -1.81. The van der Waals surface area contributed by atoms with Crippen molar-refractivity contribution in [3.8, 4) is 0 Å². The maximum atomic E-state index is 11.6. The van der Waals surface area contributed by atoms with Gasteiger partial charge in [-0.05, 0) is 23.3 Å². The van der Waals surface area contributed by atoms with Crippen LogP contribution in [-0.4, -0.2) is 16.9 Å². The monoisotopic (exact) mass is 258 g/mol. The first-order valence-corrected chi connectivity index (χ1v) is 6.43. The van der Waals surface area contributed by atoms with E-state index < -0.39 is 5.97 Å². The van der Waals surface area contributed by atoms with Crippen molar-refractivity contribution >= 4 is 23.5 Å². The highest BCUT2D eigenvalue weighted by Gasteiger charge is 2.29. The van der Waals surface area contributed by atoms with E-state index in [0.29, 0.717) is 12.8 Å². The summed E-state index contributed by atoms with van der Waals surface area (Å²) in [6.45, 7) is 0. The number of rotatable bonds is 1. The Kier molecular flexibility index (Phi) is 2.59. The molecule has 0 radical (unpaired) electrons. The van der Waals surface area contributed by atoms with E-state index in [4.69, 9.17) is 0 Å². The lowest BCUT2D eigenvalue weighted by molar-refractivity contribution is -0.132. The summed E-state index contributed by atoms with van der Waals surface area (Å²) in [5, 5.41) is 9.18. The number of carboxylic acids is 1. The first-order valence-electron chi connectivity index (χ1n) is 5.61. The molecule has 0 bridgehead atoms. The number of carboxylic acid groups (broad SMARTS) is 1. The average molecular weight is 258 g/mol. The van der Waals surface area contributed by atoms with Gasteiger partial charge in [-0.1, -0.05) is 30.0 Å². The summed E-state index contributed by atoms with van der Waals surface area (Å²) in [5.74, 6) is -1.14. The summed E-state index contributed by atoms with van der Waals surface area (Å²) in [5.41, 5.74) is 2.08. The molecule has 0 saturated heterocycles. The van der Waals surface area contributed by atoms with Crippen LogP contribution in [0, 0.1) is 0 Å². The number of benzene rings is 1. The van der Waals surface area contributed by atoms with Gasteiger partial charge in [-0.2, -0.15) is 0 Å². The van der Waals surface area contributed by atoms with Gasteiger partial charge in [0.2, 0.25) is 0 Å². The molecule has 2 aliphatic rings. The van der Waals surface area contributed by atoms with Crippen molar-refractivity contribution < 1.29 is 14.7 Å². The number of hydrogen-bond acceptors (Lipinski definition) is 3. The zero-order valence-electron chi connectivity index (χ0n) is 9.47. The van der Waals surface area contributed by atoms with E-state index in [9.17, 15) is 14.7 Å². The van der Waals surface area contributed by atoms with Gasteiger partial charge in [0.15, 0.2) is 5.78 Å². The van der Waals surface area contributed by atoms with Crippen LogP contribution in [0.5, 0.6) is 0 Å². The van der Waals surface area contributed by atoms with Gasteiger partial charge >= 0.3 is 5.97 Å². The Balaban J connectivity index is 2.08. The quantitative estimate of drug-likeness (QED) is 0.841. The van der Waals surface area contributed by atoms with E-state index in [0.717, 1.165) is 20.9 Å². The van der Waals surface area contributed by atoms with Crippen molar-refractivity contribution in [1.82, 2.24) is 0 Å². The average Bonchev–Trinajstić information content (AvgIpc) is 2.35. The molecule has 1 heterocycles. The minimum absolute atomic E-state index is 0.127. The normalized spacial score (nSPS) is 18.0. The van der Waals surface area contributed by atoms with E-state index in [1.165, 1.54) is 17.8 Å². The number of fused-ring (bicyclic) bond motifs is 1. The number of allylic oxidation sites excluding steroid dienone is 2. The molecule has 90 valence electrons. The largest absolute Gasteiger partial charge is 0.478 e. The van der Waals surface area contributed by atoms with Crippen molar-refractivity contribution in [2.45, 2.75) is 17.7 Å². The van der Waals surface area contributed by atoms with Crippen molar-refractivity contribution in [1.29, 1.82) is 0 Å². The molecule has 4 heteroatoms. The third kappa shape index (κ3) is 1.78. The summed E-state index contributed by atoms with van der Waals surface area (Å²) in [7, 11) is 0. The Morgan fingerprint density at radius 2 is 2.00 bits per heavy atom. The molecule has 1 aromatic carbocycles. The Morgan fingerprint density at radius 1 is 1.22 bits per heavy atom. The van der Waals surface area contributed by atoms with Crippen LogP contribution in [0.15, 0.2) is 51.3 Å². The second-order valence-electron chi connectivity index (χ2n) is 4.29. The van der Waals surface area contributed by atoms with Crippen molar-refractivity contribution in [2.24, 2.45) is 0 Å². The maximum absolute atomic E-state index is 11.6. The number of carbonyl (C=O) groups is 2. The highest BCUT2D eigenvalue weighted by molar-refractivity contribution is 8.03. The van der Waals surface area contributed by atoms with Gasteiger partial charge < -0.3 is 5.11 Å². The molecule has 1 N–H and O–H groups in total. The second-order valence-corrected chi connectivity index (χ2v) is 5.43. The predicted molar refractivity (Wildman–Crippen MR) is 68.4 cm³/mol. The van der Waals surface area contributed by atoms with E-state index in [2.05, 4.69) is 0 Å². The molecule has 0 saturated carbocycles. The predicted octanol–water partition coefficient (Wildman–Crippen LogP) is 2.57. The Morgan fingerprint density at radius 3 is 2.78 bits per heavy atom. The van der Waals surface area contributed by atoms with E-state index in [1.807, 2.05) is 24.3 Å². The molecular weight excluding hydrogens is 248 g/mol. The van der Waals surface area contributed by atoms with Crippen LogP contribution in [0.1, 0.15) is 12.0 Å². The first-order chi connectivity index (χ1) is 8.65. The molecule has 3 nitrogen and oxygen atoms in total. The van der Waals surface area contributed by atoms with E-state index in [-0.39, 0.29) is 11.4 Å². The molecule has 18 heavy (non-hydrogen) atoms. The first kappa shape index (κ1) is 11.3.